The normalized spacial score (nSPS) is 15.0. The largest absolute Gasteiger partial charge is 0.311 e. The Labute approximate surface area is 631 Å². The summed E-state index contributed by atoms with van der Waals surface area (Å²) in [6.45, 7) is -0.286. The van der Waals surface area contributed by atoms with Crippen LogP contribution in [0.2, 0.25) is 0 Å². The predicted molar refractivity (Wildman–Crippen MR) is 449 cm³/mol. The highest BCUT2D eigenvalue weighted by molar-refractivity contribution is 7.00. The summed E-state index contributed by atoms with van der Waals surface area (Å²) in [5.41, 5.74) is 45.5. The second kappa shape index (κ2) is 20.8. The van der Waals surface area contributed by atoms with Crippen molar-refractivity contribution in [2.75, 3.05) is 9.80 Å². The first kappa shape index (κ1) is 58.5. The van der Waals surface area contributed by atoms with E-state index in [1.807, 2.05) is 0 Å². The first-order valence-corrected chi connectivity index (χ1v) is 38.4. The number of nitrogens with zero attached hydrogens (tertiary/aromatic N) is 3. The van der Waals surface area contributed by atoms with Gasteiger partial charge in [0, 0.05) is 50.3 Å². The van der Waals surface area contributed by atoms with Gasteiger partial charge in [0.1, 0.15) is 0 Å². The van der Waals surface area contributed by atoms with E-state index < -0.39 is 16.2 Å². The van der Waals surface area contributed by atoms with Gasteiger partial charge in [0.15, 0.2) is 0 Å². The van der Waals surface area contributed by atoms with Crippen molar-refractivity contribution in [1.29, 1.82) is 0 Å². The van der Waals surface area contributed by atoms with E-state index in [1.54, 1.807) is 0 Å². The molecule has 17 aromatic carbocycles. The van der Waals surface area contributed by atoms with Crippen LogP contribution in [0.1, 0.15) is 66.8 Å². The van der Waals surface area contributed by atoms with Crippen LogP contribution < -0.4 is 26.2 Å². The van der Waals surface area contributed by atoms with Crippen molar-refractivity contribution in [1.82, 2.24) is 4.57 Å². The van der Waals surface area contributed by atoms with Gasteiger partial charge in [-0.1, -0.05) is 328 Å². The van der Waals surface area contributed by atoms with Crippen LogP contribution in [0.25, 0.3) is 105 Å². The molecular formula is C105H62BN3. The molecule has 0 bridgehead atoms. The molecule has 4 heteroatoms. The number of rotatable bonds is 4. The molecule has 0 unspecified atom stereocenters. The average molecular weight is 1380 g/mol. The summed E-state index contributed by atoms with van der Waals surface area (Å²) in [6.07, 6.45) is 0. The smallest absolute Gasteiger partial charge is 0.252 e. The zero-order chi connectivity index (χ0) is 70.7. The highest BCUT2D eigenvalue weighted by Gasteiger charge is 2.59. The first-order valence-electron chi connectivity index (χ1n) is 38.4. The molecule has 0 radical (unpaired) electrons. The molecule has 2 aliphatic heterocycles. The van der Waals surface area contributed by atoms with E-state index >= 15 is 0 Å². The summed E-state index contributed by atoms with van der Waals surface area (Å²) in [7, 11) is 0. The number of aromatic nitrogens is 1. The molecule has 26 rings (SSSR count). The summed E-state index contributed by atoms with van der Waals surface area (Å²) in [4.78, 5) is 5.58. The SMILES string of the molecule is c1ccc(-c2ccc3c(c2)B2c4ccc5c(c4N(c4cccc6c4C4(c7ccccc7-c7ccccc74)c4ccccc4-6)c4cc(-n6c7ccccc7c7ccccc76)cc(c42)N3c2ccc3c(c2)C2(c4ccccc4-c4ccccc42)c2ccccc2-3)C2(c3ccccc3-c3ccccc32)c2ccccc2-5)cc1. The van der Waals surface area contributed by atoms with Crippen LogP contribution >= 0.6 is 0 Å². The molecule has 6 aliphatic carbocycles. The molecule has 18 aromatic rings. The maximum Gasteiger partial charge on any atom is 0.252 e. The molecule has 3 spiro atoms. The van der Waals surface area contributed by atoms with Crippen molar-refractivity contribution in [3.8, 4) is 83.6 Å². The van der Waals surface area contributed by atoms with E-state index in [9.17, 15) is 0 Å². The Morgan fingerprint density at radius 1 is 0.211 bits per heavy atom. The summed E-state index contributed by atoms with van der Waals surface area (Å²) in [5, 5.41) is 2.44. The Morgan fingerprint density at radius 2 is 0.596 bits per heavy atom. The first-order chi connectivity index (χ1) is 54.1. The van der Waals surface area contributed by atoms with Crippen LogP contribution in [0, 0.1) is 0 Å². The molecule has 0 saturated heterocycles. The van der Waals surface area contributed by atoms with E-state index in [1.165, 1.54) is 177 Å². The fourth-order valence-electron chi connectivity index (χ4n) is 22.9. The Kier molecular flexibility index (Phi) is 11.2. The molecule has 500 valence electrons. The zero-order valence-electron chi connectivity index (χ0n) is 59.2. The second-order valence-corrected chi connectivity index (χ2v) is 31.0. The van der Waals surface area contributed by atoms with Crippen molar-refractivity contribution in [3.05, 3.63) is 443 Å². The van der Waals surface area contributed by atoms with Crippen molar-refractivity contribution >= 4 is 79.0 Å². The van der Waals surface area contributed by atoms with Gasteiger partial charge in [-0.3, -0.25) is 0 Å². The highest BCUT2D eigenvalue weighted by atomic mass is 15.2. The maximum absolute atomic E-state index is 2.87. The maximum atomic E-state index is 2.87. The Balaban J connectivity index is 0.858. The highest BCUT2D eigenvalue weighted by Crippen LogP contribution is 2.70. The number of hydrogen-bond acceptors (Lipinski definition) is 2. The predicted octanol–water partition coefficient (Wildman–Crippen LogP) is 23.6. The molecular weight excluding hydrogens is 1310 g/mol. The van der Waals surface area contributed by atoms with Gasteiger partial charge in [0.25, 0.3) is 6.71 Å². The van der Waals surface area contributed by atoms with E-state index in [2.05, 4.69) is 390 Å². The third-order valence-electron chi connectivity index (χ3n) is 26.6. The van der Waals surface area contributed by atoms with Gasteiger partial charge >= 0.3 is 0 Å². The Hall–Kier alpha value is -13.8. The van der Waals surface area contributed by atoms with Gasteiger partial charge in [0.2, 0.25) is 0 Å². The number of fused-ring (bicyclic) bond motifs is 38. The molecule has 8 aliphatic rings. The number of hydrogen-bond donors (Lipinski definition) is 0. The Bertz CT molecular complexity index is 6930. The monoisotopic (exact) mass is 1380 g/mol. The van der Waals surface area contributed by atoms with E-state index in [0.29, 0.717) is 0 Å². The molecule has 0 saturated carbocycles. The summed E-state index contributed by atoms with van der Waals surface area (Å²) >= 11 is 0. The van der Waals surface area contributed by atoms with Crippen LogP contribution in [0.5, 0.6) is 0 Å². The quantitative estimate of drug-likeness (QED) is 0.163. The topological polar surface area (TPSA) is 11.4 Å². The minimum Gasteiger partial charge on any atom is -0.311 e. The minimum atomic E-state index is -0.747. The fraction of sp³-hybridized carbons (Fsp3) is 0.0286. The lowest BCUT2D eigenvalue weighted by Crippen LogP contribution is -2.62. The van der Waals surface area contributed by atoms with Gasteiger partial charge in [-0.25, -0.2) is 0 Å². The van der Waals surface area contributed by atoms with Crippen molar-refractivity contribution in [2.45, 2.75) is 16.2 Å². The summed E-state index contributed by atoms with van der Waals surface area (Å²) < 4.78 is 2.59. The molecule has 109 heavy (non-hydrogen) atoms. The number of anilines is 6. The van der Waals surface area contributed by atoms with Gasteiger partial charge in [0.05, 0.1) is 38.7 Å². The average Bonchev–Trinajstić information content (AvgIpc) is 1.54. The molecule has 3 heterocycles. The minimum absolute atomic E-state index is 0.286. The number of benzene rings is 17. The van der Waals surface area contributed by atoms with Crippen LogP contribution in [0.15, 0.2) is 376 Å². The second-order valence-electron chi connectivity index (χ2n) is 31.0. The van der Waals surface area contributed by atoms with Crippen LogP contribution in [0.3, 0.4) is 0 Å². The Morgan fingerprint density at radius 3 is 1.09 bits per heavy atom. The summed E-state index contributed by atoms with van der Waals surface area (Å²) in [5.74, 6) is 0. The van der Waals surface area contributed by atoms with E-state index in [4.69, 9.17) is 0 Å². The molecule has 0 fully saturated rings. The molecule has 3 nitrogen and oxygen atoms in total. The summed E-state index contributed by atoms with van der Waals surface area (Å²) in [6, 6.07) is 146. The van der Waals surface area contributed by atoms with Crippen molar-refractivity contribution < 1.29 is 0 Å². The molecule has 0 N–H and O–H groups in total. The van der Waals surface area contributed by atoms with Crippen LogP contribution in [0.4, 0.5) is 34.1 Å². The number of para-hydroxylation sites is 2. The van der Waals surface area contributed by atoms with Gasteiger partial charge < -0.3 is 14.4 Å². The standard InChI is InChI=1S/C105H62BN3/c1-2-27-63(28-3-1)64-53-58-95-92(59-64)106-91-57-56-80-75-37-12-23-49-89(75)105(86-46-20-9-33-71(86)72-34-10-21-47-87(72)105)100(80)102(91)109(96-52-26-40-79-74-36-11-22-48-88(74)104(99(79)96)84-44-18-7-31-69(84)70-32-8-19-45-85(70)104)98-62-66(108-93-50-24-13-38-77(93)78-39-14-25-51-94(78)108)61-97(101(98)106)107(95)65-54-55-76-73-35-6-17-43-83(73)103(90(76)60-65)81-41-15-4-29-67(81)68-30-5-16-42-82(68)103/h1-62H. The third kappa shape index (κ3) is 6.92. The van der Waals surface area contributed by atoms with Gasteiger partial charge in [-0.15, -0.1) is 0 Å². The fourth-order valence-corrected chi connectivity index (χ4v) is 22.9. The third-order valence-corrected chi connectivity index (χ3v) is 26.6. The van der Waals surface area contributed by atoms with Crippen molar-refractivity contribution in [3.63, 3.8) is 0 Å². The van der Waals surface area contributed by atoms with Crippen LogP contribution in [-0.4, -0.2) is 11.3 Å². The van der Waals surface area contributed by atoms with Crippen LogP contribution in [-0.2, 0) is 16.2 Å². The lowest BCUT2D eigenvalue weighted by atomic mass is 9.33. The van der Waals surface area contributed by atoms with Gasteiger partial charge in [-0.05, 0) is 198 Å². The van der Waals surface area contributed by atoms with E-state index in [0.717, 1.165) is 45.2 Å². The molecule has 0 amide bonds. The van der Waals surface area contributed by atoms with Crippen molar-refractivity contribution in [2.24, 2.45) is 0 Å². The lowest BCUT2D eigenvalue weighted by molar-refractivity contribution is 0.786. The molecule has 0 atom stereocenters. The lowest BCUT2D eigenvalue weighted by Gasteiger charge is -2.47. The molecule has 1 aromatic heterocycles. The van der Waals surface area contributed by atoms with Gasteiger partial charge in [-0.2, -0.15) is 0 Å². The van der Waals surface area contributed by atoms with E-state index in [-0.39, 0.29) is 6.71 Å². The zero-order valence-corrected chi connectivity index (χ0v) is 59.2.